The fraction of sp³-hybridized carbons (Fsp3) is 1.00. The standard InChI is InChI=1S/C7H16O/c1-5-7(8-4)6(2)3/h6-7H,5H2,1-4H3/t7-/m0/s1. The molecule has 0 aromatic heterocycles. The Balaban J connectivity index is 3.35. The number of ether oxygens (including phenoxy) is 1. The van der Waals surface area contributed by atoms with Crippen LogP contribution in [0.3, 0.4) is 0 Å². The molecule has 0 heterocycles. The SMILES string of the molecule is CC[C@H](OC)C(C)C. The van der Waals surface area contributed by atoms with Gasteiger partial charge in [-0.05, 0) is 12.3 Å². The summed E-state index contributed by atoms with van der Waals surface area (Å²) in [5.74, 6) is 0.657. The van der Waals surface area contributed by atoms with Crippen molar-refractivity contribution < 1.29 is 4.74 Å². The Morgan fingerprint density at radius 3 is 1.88 bits per heavy atom. The molecule has 0 aliphatic carbocycles. The van der Waals surface area contributed by atoms with Gasteiger partial charge in [0.15, 0.2) is 0 Å². The van der Waals surface area contributed by atoms with Gasteiger partial charge in [0.1, 0.15) is 0 Å². The average Bonchev–Trinajstić information content (AvgIpc) is 1.69. The molecule has 1 atom stereocenters. The van der Waals surface area contributed by atoms with Crippen molar-refractivity contribution in [3.8, 4) is 0 Å². The van der Waals surface area contributed by atoms with E-state index in [1.165, 1.54) is 0 Å². The summed E-state index contributed by atoms with van der Waals surface area (Å²) in [6.45, 7) is 6.50. The number of rotatable bonds is 3. The first-order valence-electron chi connectivity index (χ1n) is 3.25. The first-order chi connectivity index (χ1) is 3.72. The topological polar surface area (TPSA) is 9.23 Å². The van der Waals surface area contributed by atoms with Crippen LogP contribution in [0.25, 0.3) is 0 Å². The maximum absolute atomic E-state index is 5.16. The van der Waals surface area contributed by atoms with E-state index in [9.17, 15) is 0 Å². The molecule has 0 aliphatic heterocycles. The molecule has 0 aromatic rings. The second kappa shape index (κ2) is 3.90. The van der Waals surface area contributed by atoms with Crippen LogP contribution in [0.5, 0.6) is 0 Å². The second-order valence-electron chi connectivity index (χ2n) is 2.43. The van der Waals surface area contributed by atoms with Gasteiger partial charge < -0.3 is 4.74 Å². The van der Waals surface area contributed by atoms with E-state index >= 15 is 0 Å². The minimum Gasteiger partial charge on any atom is -0.381 e. The molecular weight excluding hydrogens is 100 g/mol. The highest BCUT2D eigenvalue weighted by atomic mass is 16.5. The molecular formula is C7H16O. The fourth-order valence-electron chi connectivity index (χ4n) is 0.910. The average molecular weight is 116 g/mol. The minimum absolute atomic E-state index is 0.454. The van der Waals surface area contributed by atoms with Gasteiger partial charge in [0.2, 0.25) is 0 Å². The van der Waals surface area contributed by atoms with Crippen LogP contribution in [0.2, 0.25) is 0 Å². The van der Waals surface area contributed by atoms with Crippen molar-refractivity contribution in [1.29, 1.82) is 0 Å². The van der Waals surface area contributed by atoms with Gasteiger partial charge in [-0.3, -0.25) is 0 Å². The van der Waals surface area contributed by atoms with Gasteiger partial charge >= 0.3 is 0 Å². The predicted molar refractivity (Wildman–Crippen MR) is 35.9 cm³/mol. The highest BCUT2D eigenvalue weighted by molar-refractivity contribution is 4.57. The molecule has 8 heavy (non-hydrogen) atoms. The van der Waals surface area contributed by atoms with Crippen LogP contribution in [0.1, 0.15) is 27.2 Å². The van der Waals surface area contributed by atoms with E-state index in [1.807, 2.05) is 0 Å². The molecule has 0 aliphatic rings. The van der Waals surface area contributed by atoms with Crippen LogP contribution in [-0.2, 0) is 4.74 Å². The lowest BCUT2D eigenvalue weighted by molar-refractivity contribution is 0.0621. The van der Waals surface area contributed by atoms with E-state index in [0.29, 0.717) is 12.0 Å². The van der Waals surface area contributed by atoms with Crippen molar-refractivity contribution in [2.45, 2.75) is 33.3 Å². The monoisotopic (exact) mass is 116 g/mol. The van der Waals surface area contributed by atoms with Gasteiger partial charge in [-0.1, -0.05) is 20.8 Å². The van der Waals surface area contributed by atoms with Crippen molar-refractivity contribution in [3.63, 3.8) is 0 Å². The summed E-state index contributed by atoms with van der Waals surface area (Å²) in [5.41, 5.74) is 0. The molecule has 0 saturated heterocycles. The summed E-state index contributed by atoms with van der Waals surface area (Å²) in [7, 11) is 1.77. The van der Waals surface area contributed by atoms with Crippen LogP contribution in [0.4, 0.5) is 0 Å². The molecule has 1 nitrogen and oxygen atoms in total. The third-order valence-electron chi connectivity index (χ3n) is 1.45. The molecule has 0 amide bonds. The lowest BCUT2D eigenvalue weighted by atomic mass is 10.1. The van der Waals surface area contributed by atoms with Gasteiger partial charge in [0.05, 0.1) is 6.10 Å². The molecule has 0 fully saturated rings. The maximum Gasteiger partial charge on any atom is 0.0591 e. The summed E-state index contributed by atoms with van der Waals surface area (Å²) in [5, 5.41) is 0. The van der Waals surface area contributed by atoms with Crippen LogP contribution in [0.15, 0.2) is 0 Å². The molecule has 1 heteroatoms. The Hall–Kier alpha value is -0.0400. The fourth-order valence-corrected chi connectivity index (χ4v) is 0.910. The van der Waals surface area contributed by atoms with Gasteiger partial charge in [-0.25, -0.2) is 0 Å². The summed E-state index contributed by atoms with van der Waals surface area (Å²) < 4.78 is 5.16. The van der Waals surface area contributed by atoms with Gasteiger partial charge in [0.25, 0.3) is 0 Å². The van der Waals surface area contributed by atoms with E-state index in [1.54, 1.807) is 7.11 Å². The third-order valence-corrected chi connectivity index (χ3v) is 1.45. The smallest absolute Gasteiger partial charge is 0.0591 e. The third kappa shape index (κ3) is 2.31. The van der Waals surface area contributed by atoms with Crippen molar-refractivity contribution in [3.05, 3.63) is 0 Å². The number of hydrogen-bond donors (Lipinski definition) is 0. The van der Waals surface area contributed by atoms with Gasteiger partial charge in [-0.2, -0.15) is 0 Å². The molecule has 0 rings (SSSR count). The molecule has 0 N–H and O–H groups in total. The van der Waals surface area contributed by atoms with Crippen LogP contribution in [0, 0.1) is 5.92 Å². The minimum atomic E-state index is 0.454. The summed E-state index contributed by atoms with van der Waals surface area (Å²) in [4.78, 5) is 0. The molecule has 0 unspecified atom stereocenters. The zero-order chi connectivity index (χ0) is 6.57. The largest absolute Gasteiger partial charge is 0.381 e. The lowest BCUT2D eigenvalue weighted by Gasteiger charge is -2.15. The Labute approximate surface area is 52.0 Å². The molecule has 0 bridgehead atoms. The van der Waals surface area contributed by atoms with E-state index < -0.39 is 0 Å². The van der Waals surface area contributed by atoms with Crippen LogP contribution < -0.4 is 0 Å². The van der Waals surface area contributed by atoms with E-state index in [-0.39, 0.29) is 0 Å². The highest BCUT2D eigenvalue weighted by Gasteiger charge is 2.07. The number of methoxy groups -OCH3 is 1. The van der Waals surface area contributed by atoms with E-state index in [0.717, 1.165) is 6.42 Å². The quantitative estimate of drug-likeness (QED) is 0.548. The van der Waals surface area contributed by atoms with Crippen molar-refractivity contribution in [1.82, 2.24) is 0 Å². The molecule has 0 radical (unpaired) electrons. The maximum atomic E-state index is 5.16. The number of hydrogen-bond acceptors (Lipinski definition) is 1. The lowest BCUT2D eigenvalue weighted by Crippen LogP contribution is -2.15. The van der Waals surface area contributed by atoms with E-state index in [4.69, 9.17) is 4.74 Å². The van der Waals surface area contributed by atoms with Crippen LogP contribution >= 0.6 is 0 Å². The first kappa shape index (κ1) is 7.96. The van der Waals surface area contributed by atoms with Crippen LogP contribution in [-0.4, -0.2) is 13.2 Å². The normalized spacial score (nSPS) is 14.6. The molecule has 50 valence electrons. The van der Waals surface area contributed by atoms with Crippen molar-refractivity contribution >= 4 is 0 Å². The zero-order valence-corrected chi connectivity index (χ0v) is 6.27. The van der Waals surface area contributed by atoms with Crippen molar-refractivity contribution in [2.24, 2.45) is 5.92 Å². The zero-order valence-electron chi connectivity index (χ0n) is 6.27. The predicted octanol–water partition coefficient (Wildman–Crippen LogP) is 2.07. The molecule has 0 aromatic carbocycles. The molecule has 0 spiro atoms. The first-order valence-corrected chi connectivity index (χ1v) is 3.25. The summed E-state index contributed by atoms with van der Waals surface area (Å²) in [6.07, 6.45) is 1.57. The van der Waals surface area contributed by atoms with Gasteiger partial charge in [0, 0.05) is 7.11 Å². The second-order valence-corrected chi connectivity index (χ2v) is 2.43. The Bertz CT molecular complexity index is 46.3. The summed E-state index contributed by atoms with van der Waals surface area (Å²) >= 11 is 0. The summed E-state index contributed by atoms with van der Waals surface area (Å²) in [6, 6.07) is 0. The Morgan fingerprint density at radius 2 is 1.88 bits per heavy atom. The Kier molecular flexibility index (Phi) is 3.88. The van der Waals surface area contributed by atoms with Gasteiger partial charge in [-0.15, -0.1) is 0 Å². The van der Waals surface area contributed by atoms with Crippen molar-refractivity contribution in [2.75, 3.05) is 7.11 Å². The molecule has 0 saturated carbocycles. The van der Waals surface area contributed by atoms with E-state index in [2.05, 4.69) is 20.8 Å². The Morgan fingerprint density at radius 1 is 1.38 bits per heavy atom. The highest BCUT2D eigenvalue weighted by Crippen LogP contribution is 2.07.